The van der Waals surface area contributed by atoms with Crippen LogP contribution in [0.5, 0.6) is 0 Å². The second-order valence-corrected chi connectivity index (χ2v) is 6.36. The predicted octanol–water partition coefficient (Wildman–Crippen LogP) is 3.34. The van der Waals surface area contributed by atoms with Gasteiger partial charge in [0.1, 0.15) is 0 Å². The maximum Gasteiger partial charge on any atom is 0.0511 e. The van der Waals surface area contributed by atoms with Crippen LogP contribution in [-0.2, 0) is 0 Å². The van der Waals surface area contributed by atoms with Gasteiger partial charge in [-0.1, -0.05) is 6.07 Å². The van der Waals surface area contributed by atoms with Crippen LogP contribution in [0.15, 0.2) is 22.7 Å². The van der Waals surface area contributed by atoms with Crippen LogP contribution in [0.2, 0.25) is 0 Å². The van der Waals surface area contributed by atoms with E-state index in [1.54, 1.807) is 0 Å². The topological polar surface area (TPSA) is 15.3 Å². The van der Waals surface area contributed by atoms with Gasteiger partial charge in [-0.3, -0.25) is 0 Å². The number of hydrogen-bond donors (Lipinski definition) is 1. The maximum atomic E-state index is 3.67. The zero-order valence-electron chi connectivity index (χ0n) is 10.9. The number of rotatable bonds is 1. The molecule has 17 heavy (non-hydrogen) atoms. The Labute approximate surface area is 113 Å². The van der Waals surface area contributed by atoms with Gasteiger partial charge in [0.05, 0.1) is 5.69 Å². The van der Waals surface area contributed by atoms with Crippen molar-refractivity contribution in [1.29, 1.82) is 0 Å². The Hall–Kier alpha value is -0.540. The Morgan fingerprint density at radius 1 is 1.29 bits per heavy atom. The largest absolute Gasteiger partial charge is 0.369 e. The molecule has 1 N–H and O–H groups in total. The summed E-state index contributed by atoms with van der Waals surface area (Å²) in [7, 11) is 0. The summed E-state index contributed by atoms with van der Waals surface area (Å²) in [6, 6.07) is 6.60. The average molecular weight is 297 g/mol. The van der Waals surface area contributed by atoms with E-state index in [-0.39, 0.29) is 5.54 Å². The first kappa shape index (κ1) is 12.9. The lowest BCUT2D eigenvalue weighted by Gasteiger charge is -2.25. The third-order valence-electron chi connectivity index (χ3n) is 3.44. The van der Waals surface area contributed by atoms with Crippen molar-refractivity contribution in [3.05, 3.63) is 28.2 Å². The first-order valence-corrected chi connectivity index (χ1v) is 7.03. The molecule has 94 valence electrons. The molecule has 1 heterocycles. The highest BCUT2D eigenvalue weighted by atomic mass is 79.9. The fourth-order valence-corrected chi connectivity index (χ4v) is 3.00. The molecule has 2 rings (SSSR count). The van der Waals surface area contributed by atoms with Crippen LogP contribution in [0.3, 0.4) is 0 Å². The molecule has 0 aliphatic carbocycles. The Kier molecular flexibility index (Phi) is 3.79. The zero-order chi connectivity index (χ0) is 12.5. The minimum Gasteiger partial charge on any atom is -0.369 e. The highest BCUT2D eigenvalue weighted by Crippen LogP contribution is 2.28. The van der Waals surface area contributed by atoms with Gasteiger partial charge in [0.15, 0.2) is 0 Å². The lowest BCUT2D eigenvalue weighted by Crippen LogP contribution is -2.39. The molecule has 0 bridgehead atoms. The minimum atomic E-state index is 0.256. The normalized spacial score (nSPS) is 20.1. The van der Waals surface area contributed by atoms with Gasteiger partial charge in [-0.05, 0) is 60.8 Å². The number of nitrogens with one attached hydrogen (secondary N) is 1. The number of hydrogen-bond acceptors (Lipinski definition) is 2. The van der Waals surface area contributed by atoms with E-state index >= 15 is 0 Å². The minimum absolute atomic E-state index is 0.256. The maximum absolute atomic E-state index is 3.67. The SMILES string of the molecule is Cc1ccc(N2CCNC(C)(C)CC2)c(Br)c1. The molecule has 1 saturated heterocycles. The Bertz CT molecular complexity index is 401. The highest BCUT2D eigenvalue weighted by Gasteiger charge is 2.23. The van der Waals surface area contributed by atoms with Gasteiger partial charge in [-0.25, -0.2) is 0 Å². The van der Waals surface area contributed by atoms with E-state index in [2.05, 4.69) is 65.1 Å². The third-order valence-corrected chi connectivity index (χ3v) is 4.07. The molecule has 0 saturated carbocycles. The summed E-state index contributed by atoms with van der Waals surface area (Å²) in [4.78, 5) is 2.46. The van der Waals surface area contributed by atoms with E-state index in [0.717, 1.165) is 19.6 Å². The number of benzene rings is 1. The van der Waals surface area contributed by atoms with E-state index in [0.29, 0.717) is 0 Å². The van der Waals surface area contributed by atoms with E-state index in [1.165, 1.54) is 22.1 Å². The Balaban J connectivity index is 2.17. The summed E-state index contributed by atoms with van der Waals surface area (Å²) in [5.74, 6) is 0. The number of nitrogens with zero attached hydrogens (tertiary/aromatic N) is 1. The molecule has 0 radical (unpaired) electrons. The van der Waals surface area contributed by atoms with Gasteiger partial charge in [-0.2, -0.15) is 0 Å². The van der Waals surface area contributed by atoms with Crippen molar-refractivity contribution in [3.8, 4) is 0 Å². The van der Waals surface area contributed by atoms with Crippen molar-refractivity contribution in [2.24, 2.45) is 0 Å². The fraction of sp³-hybridized carbons (Fsp3) is 0.571. The van der Waals surface area contributed by atoms with Crippen LogP contribution in [0.1, 0.15) is 25.8 Å². The van der Waals surface area contributed by atoms with Crippen molar-refractivity contribution in [2.75, 3.05) is 24.5 Å². The van der Waals surface area contributed by atoms with Crippen LogP contribution < -0.4 is 10.2 Å². The van der Waals surface area contributed by atoms with E-state index in [9.17, 15) is 0 Å². The van der Waals surface area contributed by atoms with Crippen LogP contribution in [0.25, 0.3) is 0 Å². The molecule has 0 spiro atoms. The molecular formula is C14H21BrN2. The summed E-state index contributed by atoms with van der Waals surface area (Å²) < 4.78 is 1.21. The Morgan fingerprint density at radius 3 is 2.76 bits per heavy atom. The summed E-state index contributed by atoms with van der Waals surface area (Å²) in [5.41, 5.74) is 2.87. The first-order valence-electron chi connectivity index (χ1n) is 6.24. The highest BCUT2D eigenvalue weighted by molar-refractivity contribution is 9.10. The summed E-state index contributed by atoms with van der Waals surface area (Å²) in [5, 5.41) is 3.59. The smallest absolute Gasteiger partial charge is 0.0511 e. The molecule has 0 atom stereocenters. The summed E-state index contributed by atoms with van der Waals surface area (Å²) in [6.07, 6.45) is 1.17. The van der Waals surface area contributed by atoms with Crippen molar-refractivity contribution < 1.29 is 0 Å². The molecule has 0 unspecified atom stereocenters. The zero-order valence-corrected chi connectivity index (χ0v) is 12.5. The van der Waals surface area contributed by atoms with Gasteiger partial charge < -0.3 is 10.2 Å². The molecule has 3 heteroatoms. The molecular weight excluding hydrogens is 276 g/mol. The van der Waals surface area contributed by atoms with Gasteiger partial charge in [0.2, 0.25) is 0 Å². The van der Waals surface area contributed by atoms with Crippen molar-refractivity contribution in [3.63, 3.8) is 0 Å². The van der Waals surface area contributed by atoms with E-state index in [1.807, 2.05) is 0 Å². The average Bonchev–Trinajstić information content (AvgIpc) is 2.40. The summed E-state index contributed by atoms with van der Waals surface area (Å²) >= 11 is 3.67. The molecule has 0 amide bonds. The van der Waals surface area contributed by atoms with Gasteiger partial charge in [0, 0.05) is 29.6 Å². The van der Waals surface area contributed by atoms with Crippen LogP contribution in [0, 0.1) is 6.92 Å². The standard InChI is InChI=1S/C14H21BrN2/c1-11-4-5-13(12(15)10-11)17-8-6-14(2,3)16-7-9-17/h4-5,10,16H,6-9H2,1-3H3. The molecule has 1 aromatic carbocycles. The molecule has 1 aromatic rings. The van der Waals surface area contributed by atoms with Crippen LogP contribution in [0.4, 0.5) is 5.69 Å². The quantitative estimate of drug-likeness (QED) is 0.855. The molecule has 0 aromatic heterocycles. The van der Waals surface area contributed by atoms with Gasteiger partial charge in [-0.15, -0.1) is 0 Å². The van der Waals surface area contributed by atoms with Crippen molar-refractivity contribution >= 4 is 21.6 Å². The molecule has 1 aliphatic rings. The van der Waals surface area contributed by atoms with E-state index in [4.69, 9.17) is 0 Å². The number of anilines is 1. The van der Waals surface area contributed by atoms with Gasteiger partial charge >= 0.3 is 0 Å². The van der Waals surface area contributed by atoms with Crippen LogP contribution >= 0.6 is 15.9 Å². The monoisotopic (exact) mass is 296 g/mol. The molecule has 1 fully saturated rings. The second kappa shape index (κ2) is 4.99. The predicted molar refractivity (Wildman–Crippen MR) is 77.8 cm³/mol. The lowest BCUT2D eigenvalue weighted by molar-refractivity contribution is 0.394. The third kappa shape index (κ3) is 3.23. The second-order valence-electron chi connectivity index (χ2n) is 5.50. The van der Waals surface area contributed by atoms with E-state index < -0.39 is 0 Å². The van der Waals surface area contributed by atoms with Crippen molar-refractivity contribution in [2.45, 2.75) is 32.7 Å². The van der Waals surface area contributed by atoms with Crippen molar-refractivity contribution in [1.82, 2.24) is 5.32 Å². The first-order chi connectivity index (χ1) is 7.98. The fourth-order valence-electron chi connectivity index (χ4n) is 2.25. The number of halogens is 1. The lowest BCUT2D eigenvalue weighted by atomic mass is 10.0. The van der Waals surface area contributed by atoms with Crippen LogP contribution in [-0.4, -0.2) is 25.2 Å². The molecule has 2 nitrogen and oxygen atoms in total. The summed E-state index contributed by atoms with van der Waals surface area (Å²) in [6.45, 7) is 9.92. The van der Waals surface area contributed by atoms with Gasteiger partial charge in [0.25, 0.3) is 0 Å². The number of aryl methyl sites for hydroxylation is 1. The molecule has 1 aliphatic heterocycles. The Morgan fingerprint density at radius 2 is 2.06 bits per heavy atom.